The van der Waals surface area contributed by atoms with Gasteiger partial charge in [0.05, 0.1) is 18.6 Å². The Labute approximate surface area is 190 Å². The smallest absolute Gasteiger partial charge is 0.234 e. The van der Waals surface area contributed by atoms with E-state index in [4.69, 9.17) is 9.72 Å². The van der Waals surface area contributed by atoms with E-state index in [1.807, 2.05) is 66.2 Å². The standard InChI is InChI=1S/C25H22FN3O2S/c1-17-3-5-18(6-4-17)23-15-29(21-11-13-22(31-2)14-12-21)25(28-23)32-16-24(30)27-20-9-7-19(26)8-10-20/h3-15H,16H2,1-2H3,(H,27,30). The van der Waals surface area contributed by atoms with Crippen LogP contribution in [0.1, 0.15) is 5.56 Å². The second-order valence-electron chi connectivity index (χ2n) is 7.19. The number of carbonyl (C=O) groups excluding carboxylic acids is 1. The van der Waals surface area contributed by atoms with E-state index in [0.29, 0.717) is 10.8 Å². The topological polar surface area (TPSA) is 56.2 Å². The molecule has 0 fully saturated rings. The van der Waals surface area contributed by atoms with E-state index in [-0.39, 0.29) is 17.5 Å². The van der Waals surface area contributed by atoms with Crippen molar-refractivity contribution in [3.63, 3.8) is 0 Å². The first-order valence-electron chi connectivity index (χ1n) is 10.0. The van der Waals surface area contributed by atoms with Crippen LogP contribution in [-0.4, -0.2) is 28.3 Å². The number of imidazole rings is 1. The van der Waals surface area contributed by atoms with Gasteiger partial charge in [-0.05, 0) is 55.5 Å². The average molecular weight is 448 g/mol. The number of ether oxygens (including phenoxy) is 1. The number of aromatic nitrogens is 2. The molecule has 0 bridgehead atoms. The quantitative estimate of drug-likeness (QED) is 0.368. The van der Waals surface area contributed by atoms with E-state index >= 15 is 0 Å². The Morgan fingerprint density at radius 2 is 1.72 bits per heavy atom. The molecule has 3 aromatic carbocycles. The van der Waals surface area contributed by atoms with Crippen LogP contribution in [0.2, 0.25) is 0 Å². The summed E-state index contributed by atoms with van der Waals surface area (Å²) in [5.41, 5.74) is 4.46. The van der Waals surface area contributed by atoms with Gasteiger partial charge in [0.15, 0.2) is 5.16 Å². The molecule has 4 rings (SSSR count). The second kappa shape index (κ2) is 9.70. The van der Waals surface area contributed by atoms with E-state index in [9.17, 15) is 9.18 Å². The number of halogens is 1. The van der Waals surface area contributed by atoms with Gasteiger partial charge in [-0.1, -0.05) is 41.6 Å². The molecule has 0 unspecified atom stereocenters. The van der Waals surface area contributed by atoms with Crippen molar-refractivity contribution in [2.75, 3.05) is 18.2 Å². The molecule has 0 atom stereocenters. The summed E-state index contributed by atoms with van der Waals surface area (Å²) < 4.78 is 20.3. The van der Waals surface area contributed by atoms with E-state index in [1.165, 1.54) is 41.6 Å². The molecular weight excluding hydrogens is 425 g/mol. The lowest BCUT2D eigenvalue weighted by Gasteiger charge is -2.09. The molecule has 1 N–H and O–H groups in total. The first kappa shape index (κ1) is 21.6. The number of thioether (sulfide) groups is 1. The molecule has 1 amide bonds. The van der Waals surface area contributed by atoms with E-state index in [0.717, 1.165) is 22.7 Å². The molecule has 1 heterocycles. The number of benzene rings is 3. The van der Waals surface area contributed by atoms with Crippen molar-refractivity contribution in [3.05, 3.63) is 90.4 Å². The zero-order chi connectivity index (χ0) is 22.5. The first-order valence-corrected chi connectivity index (χ1v) is 11.0. The number of nitrogens with one attached hydrogen (secondary N) is 1. The maximum atomic E-state index is 13.1. The molecule has 162 valence electrons. The fourth-order valence-electron chi connectivity index (χ4n) is 3.12. The van der Waals surface area contributed by atoms with Gasteiger partial charge in [-0.15, -0.1) is 0 Å². The Hall–Kier alpha value is -3.58. The molecule has 0 saturated heterocycles. The number of hydrogen-bond acceptors (Lipinski definition) is 4. The van der Waals surface area contributed by atoms with Crippen molar-refractivity contribution in [3.8, 4) is 22.7 Å². The van der Waals surface area contributed by atoms with Crippen molar-refractivity contribution >= 4 is 23.4 Å². The minimum atomic E-state index is -0.345. The third-order valence-electron chi connectivity index (χ3n) is 4.83. The fraction of sp³-hybridized carbons (Fsp3) is 0.120. The van der Waals surface area contributed by atoms with Crippen molar-refractivity contribution in [1.82, 2.24) is 9.55 Å². The van der Waals surface area contributed by atoms with Crippen LogP contribution < -0.4 is 10.1 Å². The molecule has 32 heavy (non-hydrogen) atoms. The summed E-state index contributed by atoms with van der Waals surface area (Å²) >= 11 is 1.34. The lowest BCUT2D eigenvalue weighted by Crippen LogP contribution is -2.14. The number of aryl methyl sites for hydroxylation is 1. The SMILES string of the molecule is COc1ccc(-n2cc(-c3ccc(C)cc3)nc2SCC(=O)Nc2ccc(F)cc2)cc1. The molecule has 0 spiro atoms. The lowest BCUT2D eigenvalue weighted by atomic mass is 10.1. The highest BCUT2D eigenvalue weighted by molar-refractivity contribution is 7.99. The second-order valence-corrected chi connectivity index (χ2v) is 8.13. The zero-order valence-electron chi connectivity index (χ0n) is 17.7. The first-order chi connectivity index (χ1) is 15.5. The summed E-state index contributed by atoms with van der Waals surface area (Å²) in [6.07, 6.45) is 1.96. The maximum Gasteiger partial charge on any atom is 0.234 e. The predicted octanol–water partition coefficient (Wildman–Crippen LogP) is 5.73. The minimum absolute atomic E-state index is 0.165. The van der Waals surface area contributed by atoms with Crippen molar-refractivity contribution < 1.29 is 13.9 Å². The molecule has 0 saturated carbocycles. The number of amides is 1. The van der Waals surface area contributed by atoms with Gasteiger partial charge in [-0.3, -0.25) is 9.36 Å². The van der Waals surface area contributed by atoms with Crippen molar-refractivity contribution in [1.29, 1.82) is 0 Å². The Kier molecular flexibility index (Phi) is 6.56. The highest BCUT2D eigenvalue weighted by Crippen LogP contribution is 2.28. The number of hydrogen-bond donors (Lipinski definition) is 1. The number of methoxy groups -OCH3 is 1. The number of rotatable bonds is 7. The van der Waals surface area contributed by atoms with Gasteiger partial charge in [0.2, 0.25) is 5.91 Å². The van der Waals surface area contributed by atoms with Crippen LogP contribution >= 0.6 is 11.8 Å². The summed E-state index contributed by atoms with van der Waals surface area (Å²) in [6, 6.07) is 21.5. The van der Waals surface area contributed by atoms with Gasteiger partial charge >= 0.3 is 0 Å². The van der Waals surface area contributed by atoms with Crippen molar-refractivity contribution in [2.24, 2.45) is 0 Å². The molecule has 5 nitrogen and oxygen atoms in total. The van der Waals surface area contributed by atoms with E-state index in [1.54, 1.807) is 7.11 Å². The van der Waals surface area contributed by atoms with Gasteiger partial charge in [-0.2, -0.15) is 0 Å². The fourth-order valence-corrected chi connectivity index (χ4v) is 3.91. The van der Waals surface area contributed by atoms with E-state index in [2.05, 4.69) is 5.32 Å². The van der Waals surface area contributed by atoms with Crippen LogP contribution in [0, 0.1) is 12.7 Å². The molecule has 7 heteroatoms. The molecule has 4 aromatic rings. The predicted molar refractivity (Wildman–Crippen MR) is 126 cm³/mol. The van der Waals surface area contributed by atoms with Crippen LogP contribution in [0.5, 0.6) is 5.75 Å². The zero-order valence-corrected chi connectivity index (χ0v) is 18.5. The third-order valence-corrected chi connectivity index (χ3v) is 5.78. The van der Waals surface area contributed by atoms with Crippen LogP contribution in [0.25, 0.3) is 16.9 Å². The summed E-state index contributed by atoms with van der Waals surface area (Å²) in [4.78, 5) is 17.2. The monoisotopic (exact) mass is 447 g/mol. The van der Waals surface area contributed by atoms with Gasteiger partial charge in [-0.25, -0.2) is 9.37 Å². The van der Waals surface area contributed by atoms with Crippen LogP contribution in [-0.2, 0) is 4.79 Å². The van der Waals surface area contributed by atoms with Crippen molar-refractivity contribution in [2.45, 2.75) is 12.1 Å². The van der Waals surface area contributed by atoms with Crippen LogP contribution in [0.4, 0.5) is 10.1 Å². The summed E-state index contributed by atoms with van der Waals surface area (Å²) in [7, 11) is 1.63. The highest BCUT2D eigenvalue weighted by Gasteiger charge is 2.14. The Morgan fingerprint density at radius 1 is 1.03 bits per heavy atom. The van der Waals surface area contributed by atoms with Crippen LogP contribution in [0.3, 0.4) is 0 Å². The molecule has 1 aromatic heterocycles. The summed E-state index contributed by atoms with van der Waals surface area (Å²) in [5.74, 6) is 0.392. The van der Waals surface area contributed by atoms with Gasteiger partial charge in [0, 0.05) is 23.1 Å². The number of carbonyl (C=O) groups is 1. The van der Waals surface area contributed by atoms with E-state index < -0.39 is 0 Å². The lowest BCUT2D eigenvalue weighted by molar-refractivity contribution is -0.113. The number of nitrogens with zero attached hydrogens (tertiary/aromatic N) is 2. The Bertz CT molecular complexity index is 1200. The molecule has 0 aliphatic heterocycles. The highest BCUT2D eigenvalue weighted by atomic mass is 32.2. The van der Waals surface area contributed by atoms with Crippen LogP contribution in [0.15, 0.2) is 84.1 Å². The number of anilines is 1. The average Bonchev–Trinajstić information content (AvgIpc) is 3.24. The van der Waals surface area contributed by atoms with Gasteiger partial charge in [0.1, 0.15) is 11.6 Å². The third kappa shape index (κ3) is 5.18. The van der Waals surface area contributed by atoms with Gasteiger partial charge in [0.25, 0.3) is 0 Å². The molecular formula is C25H22FN3O2S. The largest absolute Gasteiger partial charge is 0.497 e. The minimum Gasteiger partial charge on any atom is -0.497 e. The normalized spacial score (nSPS) is 10.7. The molecule has 0 radical (unpaired) electrons. The Balaban J connectivity index is 1.57. The summed E-state index contributed by atoms with van der Waals surface area (Å²) in [5, 5.41) is 3.47. The Morgan fingerprint density at radius 3 is 2.38 bits per heavy atom. The maximum absolute atomic E-state index is 13.1. The van der Waals surface area contributed by atoms with Gasteiger partial charge < -0.3 is 10.1 Å². The molecule has 0 aliphatic carbocycles. The molecule has 0 aliphatic rings. The summed E-state index contributed by atoms with van der Waals surface area (Å²) in [6.45, 7) is 2.04.